The molecule has 1 atom stereocenters. The molecule has 1 amide bonds. The third kappa shape index (κ3) is 4.32. The third-order valence-electron chi connectivity index (χ3n) is 4.85. The molecule has 1 aliphatic rings. The predicted molar refractivity (Wildman–Crippen MR) is 105 cm³/mol. The van der Waals surface area contributed by atoms with Crippen molar-refractivity contribution in [3.8, 4) is 0 Å². The number of likely N-dealkylation sites (tertiary alicyclic amines) is 1. The van der Waals surface area contributed by atoms with Gasteiger partial charge in [0.2, 0.25) is 5.91 Å². The number of hydrogen-bond donors (Lipinski definition) is 1. The summed E-state index contributed by atoms with van der Waals surface area (Å²) < 4.78 is 0. The minimum atomic E-state index is -0.214. The van der Waals surface area contributed by atoms with Crippen LogP contribution in [0.25, 0.3) is 0 Å². The van der Waals surface area contributed by atoms with Crippen molar-refractivity contribution in [1.82, 2.24) is 4.90 Å². The Morgan fingerprint density at radius 3 is 2.35 bits per heavy atom. The highest BCUT2D eigenvalue weighted by atomic mass is 35.5. The molecule has 2 aromatic carbocycles. The molecule has 1 fully saturated rings. The molecule has 1 unspecified atom stereocenters. The molecular weight excluding hydrogens is 348 g/mol. The molecule has 1 saturated heterocycles. The predicted octanol–water partition coefficient (Wildman–Crippen LogP) is 4.38. The first-order valence-corrected chi connectivity index (χ1v) is 9.38. The van der Waals surface area contributed by atoms with Crippen LogP contribution in [0.3, 0.4) is 0 Å². The molecule has 26 heavy (non-hydrogen) atoms. The number of piperidine rings is 1. The van der Waals surface area contributed by atoms with Crippen molar-refractivity contribution < 1.29 is 9.59 Å². The van der Waals surface area contributed by atoms with Gasteiger partial charge in [-0.1, -0.05) is 30.2 Å². The molecule has 136 valence electrons. The fourth-order valence-corrected chi connectivity index (χ4v) is 3.38. The quantitative estimate of drug-likeness (QED) is 0.794. The summed E-state index contributed by atoms with van der Waals surface area (Å²) in [6.07, 6.45) is 3.48. The van der Waals surface area contributed by atoms with Crippen molar-refractivity contribution in [2.24, 2.45) is 0 Å². The van der Waals surface area contributed by atoms with E-state index in [1.54, 1.807) is 42.5 Å². The SMILES string of the molecule is CC(C(=O)Nc1ccccc1C(=O)c1ccc(Cl)cc1)N1CCCCC1. The molecule has 0 saturated carbocycles. The van der Waals surface area contributed by atoms with Gasteiger partial charge >= 0.3 is 0 Å². The summed E-state index contributed by atoms with van der Waals surface area (Å²) in [5.74, 6) is -0.216. The number of nitrogens with zero attached hydrogens (tertiary/aromatic N) is 1. The van der Waals surface area contributed by atoms with Crippen LogP contribution in [0.15, 0.2) is 48.5 Å². The van der Waals surface area contributed by atoms with Gasteiger partial charge in [-0.05, 0) is 69.3 Å². The summed E-state index contributed by atoms with van der Waals surface area (Å²) in [6, 6.07) is 13.7. The summed E-state index contributed by atoms with van der Waals surface area (Å²) >= 11 is 5.90. The van der Waals surface area contributed by atoms with Crippen LogP contribution < -0.4 is 5.32 Å². The Kier molecular flexibility index (Phi) is 6.07. The van der Waals surface area contributed by atoms with Gasteiger partial charge in [0, 0.05) is 16.1 Å². The van der Waals surface area contributed by atoms with E-state index in [1.165, 1.54) is 6.42 Å². The number of hydrogen-bond acceptors (Lipinski definition) is 3. The minimum Gasteiger partial charge on any atom is -0.324 e. The van der Waals surface area contributed by atoms with Gasteiger partial charge in [0.1, 0.15) is 0 Å². The fourth-order valence-electron chi connectivity index (χ4n) is 3.26. The number of ketones is 1. The first-order chi connectivity index (χ1) is 12.6. The molecule has 0 aromatic heterocycles. The lowest BCUT2D eigenvalue weighted by molar-refractivity contribution is -0.121. The van der Waals surface area contributed by atoms with Crippen LogP contribution in [-0.4, -0.2) is 35.7 Å². The van der Waals surface area contributed by atoms with E-state index in [0.29, 0.717) is 21.8 Å². The first-order valence-electron chi connectivity index (χ1n) is 9.00. The van der Waals surface area contributed by atoms with E-state index in [1.807, 2.05) is 13.0 Å². The maximum atomic E-state index is 12.8. The zero-order valence-corrected chi connectivity index (χ0v) is 15.6. The average molecular weight is 371 g/mol. The topological polar surface area (TPSA) is 49.4 Å². The van der Waals surface area contributed by atoms with Gasteiger partial charge in [0.15, 0.2) is 5.78 Å². The van der Waals surface area contributed by atoms with Crippen LogP contribution in [0.1, 0.15) is 42.1 Å². The highest BCUT2D eigenvalue weighted by Crippen LogP contribution is 2.21. The van der Waals surface area contributed by atoms with Crippen molar-refractivity contribution >= 4 is 29.0 Å². The summed E-state index contributed by atoms with van der Waals surface area (Å²) in [7, 11) is 0. The Hall–Kier alpha value is -2.17. The van der Waals surface area contributed by atoms with Crippen LogP contribution in [-0.2, 0) is 4.79 Å². The summed E-state index contributed by atoms with van der Waals surface area (Å²) in [5, 5.41) is 3.52. The zero-order valence-electron chi connectivity index (χ0n) is 14.9. The Balaban J connectivity index is 1.77. The second-order valence-corrected chi connectivity index (χ2v) is 7.08. The number of halogens is 1. The lowest BCUT2D eigenvalue weighted by atomic mass is 10.0. The fraction of sp³-hybridized carbons (Fsp3) is 0.333. The van der Waals surface area contributed by atoms with E-state index in [-0.39, 0.29) is 17.7 Å². The van der Waals surface area contributed by atoms with E-state index in [4.69, 9.17) is 11.6 Å². The lowest BCUT2D eigenvalue weighted by Gasteiger charge is -2.31. The van der Waals surface area contributed by atoms with Crippen LogP contribution >= 0.6 is 11.6 Å². The molecule has 0 bridgehead atoms. The number of benzene rings is 2. The van der Waals surface area contributed by atoms with Gasteiger partial charge in [0.25, 0.3) is 0 Å². The molecule has 5 heteroatoms. The van der Waals surface area contributed by atoms with Crippen LogP contribution in [0.5, 0.6) is 0 Å². The molecular formula is C21H23ClN2O2. The Morgan fingerprint density at radius 1 is 1.00 bits per heavy atom. The van der Waals surface area contributed by atoms with E-state index >= 15 is 0 Å². The number of para-hydroxylation sites is 1. The number of rotatable bonds is 5. The number of anilines is 1. The van der Waals surface area contributed by atoms with Crippen molar-refractivity contribution in [2.75, 3.05) is 18.4 Å². The number of carbonyl (C=O) groups excluding carboxylic acids is 2. The molecule has 1 aliphatic heterocycles. The van der Waals surface area contributed by atoms with Crippen molar-refractivity contribution in [3.05, 3.63) is 64.7 Å². The normalized spacial score (nSPS) is 16.1. The smallest absolute Gasteiger partial charge is 0.241 e. The van der Waals surface area contributed by atoms with Gasteiger partial charge in [-0.15, -0.1) is 0 Å². The largest absolute Gasteiger partial charge is 0.324 e. The van der Waals surface area contributed by atoms with Crippen molar-refractivity contribution in [1.29, 1.82) is 0 Å². The second-order valence-electron chi connectivity index (χ2n) is 6.64. The van der Waals surface area contributed by atoms with Gasteiger partial charge < -0.3 is 5.32 Å². The molecule has 1 heterocycles. The molecule has 0 spiro atoms. The summed E-state index contributed by atoms with van der Waals surface area (Å²) in [6.45, 7) is 3.81. The summed E-state index contributed by atoms with van der Waals surface area (Å²) in [5.41, 5.74) is 1.57. The highest BCUT2D eigenvalue weighted by Gasteiger charge is 2.24. The standard InChI is InChI=1S/C21H23ClN2O2/c1-15(24-13-5-2-6-14-24)21(26)23-19-8-4-3-7-18(19)20(25)16-9-11-17(22)12-10-16/h3-4,7-12,15H,2,5-6,13-14H2,1H3,(H,23,26). The van der Waals surface area contributed by atoms with E-state index < -0.39 is 0 Å². The van der Waals surface area contributed by atoms with Gasteiger partial charge in [-0.2, -0.15) is 0 Å². The molecule has 3 rings (SSSR count). The number of carbonyl (C=O) groups is 2. The average Bonchev–Trinajstić information content (AvgIpc) is 2.68. The van der Waals surface area contributed by atoms with Crippen LogP contribution in [0.4, 0.5) is 5.69 Å². The maximum Gasteiger partial charge on any atom is 0.241 e. The molecule has 2 aromatic rings. The molecule has 1 N–H and O–H groups in total. The van der Waals surface area contributed by atoms with Crippen molar-refractivity contribution in [2.45, 2.75) is 32.2 Å². The highest BCUT2D eigenvalue weighted by molar-refractivity contribution is 6.30. The monoisotopic (exact) mass is 370 g/mol. The maximum absolute atomic E-state index is 12.8. The zero-order chi connectivity index (χ0) is 18.5. The Bertz CT molecular complexity index is 783. The first kappa shape index (κ1) is 18.6. The van der Waals surface area contributed by atoms with Gasteiger partial charge in [-0.3, -0.25) is 14.5 Å². The van der Waals surface area contributed by atoms with E-state index in [9.17, 15) is 9.59 Å². The molecule has 4 nitrogen and oxygen atoms in total. The number of amides is 1. The van der Waals surface area contributed by atoms with E-state index in [2.05, 4.69) is 10.2 Å². The lowest BCUT2D eigenvalue weighted by Crippen LogP contribution is -2.44. The third-order valence-corrected chi connectivity index (χ3v) is 5.11. The Labute approximate surface area is 159 Å². The van der Waals surface area contributed by atoms with Crippen LogP contribution in [0, 0.1) is 0 Å². The van der Waals surface area contributed by atoms with Crippen LogP contribution in [0.2, 0.25) is 5.02 Å². The Morgan fingerprint density at radius 2 is 1.65 bits per heavy atom. The summed E-state index contributed by atoms with van der Waals surface area (Å²) in [4.78, 5) is 27.7. The van der Waals surface area contributed by atoms with Crippen molar-refractivity contribution in [3.63, 3.8) is 0 Å². The van der Waals surface area contributed by atoms with Gasteiger partial charge in [-0.25, -0.2) is 0 Å². The second kappa shape index (κ2) is 8.47. The minimum absolute atomic E-state index is 0.0803. The van der Waals surface area contributed by atoms with Gasteiger partial charge in [0.05, 0.1) is 11.7 Å². The number of nitrogens with one attached hydrogen (secondary N) is 1. The van der Waals surface area contributed by atoms with E-state index in [0.717, 1.165) is 25.9 Å². The molecule has 0 radical (unpaired) electrons. The molecule has 0 aliphatic carbocycles.